The summed E-state index contributed by atoms with van der Waals surface area (Å²) < 4.78 is 33.8. The van der Waals surface area contributed by atoms with Gasteiger partial charge in [-0.25, -0.2) is 0 Å². The summed E-state index contributed by atoms with van der Waals surface area (Å²) >= 11 is 0. The maximum Gasteiger partial charge on any atom is 0.327 e. The van der Waals surface area contributed by atoms with Crippen molar-refractivity contribution in [2.45, 2.75) is 91.4 Å². The van der Waals surface area contributed by atoms with E-state index in [1.165, 1.54) is 44.5 Å². The number of hydrogen-bond acceptors (Lipinski definition) is 4. The molecule has 4 fully saturated rings. The Morgan fingerprint density at radius 2 is 1.10 bits per heavy atom. The maximum absolute atomic E-state index is 14.3. The van der Waals surface area contributed by atoms with Crippen molar-refractivity contribution in [3.63, 3.8) is 0 Å². The average Bonchev–Trinajstić information content (AvgIpc) is 3.08. The number of carboxylic acid groups (broad SMARTS) is 1. The van der Waals surface area contributed by atoms with E-state index in [2.05, 4.69) is 106 Å². The molecule has 0 heterocycles. The van der Waals surface area contributed by atoms with Gasteiger partial charge in [0.1, 0.15) is 5.97 Å². The number of rotatable bonds is 8. The van der Waals surface area contributed by atoms with Crippen LogP contribution < -0.4 is 5.11 Å². The lowest BCUT2D eigenvalue weighted by Gasteiger charge is -2.55. The number of halogens is 2. The number of carbonyl (C=O) groups excluding carboxylic acids is 2. The Labute approximate surface area is 291 Å². The molecule has 4 aliphatic rings. The zero-order valence-corrected chi connectivity index (χ0v) is 29.1. The first-order valence-electron chi connectivity index (χ1n) is 17.2. The molecule has 0 aliphatic heterocycles. The van der Waals surface area contributed by atoms with Gasteiger partial charge in [-0.15, -0.1) is 0 Å². The Morgan fingerprint density at radius 1 is 0.694 bits per heavy atom. The van der Waals surface area contributed by atoms with E-state index in [0.717, 1.165) is 19.3 Å². The SMILES string of the molecule is CC(C)(C)c1ccc([S+](c2ccccc2)c2ccccc2)cc1.O=C(OC(c1ccccc1)C(F)(F)C(=O)[O-])C12CC3CC(CC(C3)C1)C2. The van der Waals surface area contributed by atoms with Crippen molar-refractivity contribution in [3.8, 4) is 0 Å². The van der Waals surface area contributed by atoms with E-state index in [-0.39, 0.29) is 21.9 Å². The maximum atomic E-state index is 14.3. The normalized spacial score (nSPS) is 23.3. The lowest BCUT2D eigenvalue weighted by Crippen LogP contribution is -2.52. The topological polar surface area (TPSA) is 66.4 Å². The van der Waals surface area contributed by atoms with Crippen LogP contribution in [0, 0.1) is 23.2 Å². The van der Waals surface area contributed by atoms with E-state index < -0.39 is 29.4 Å². The monoisotopic (exact) mass is 682 g/mol. The third kappa shape index (κ3) is 7.62. The molecule has 0 radical (unpaired) electrons. The average molecular weight is 683 g/mol. The first-order chi connectivity index (χ1) is 23.4. The molecule has 4 aromatic rings. The van der Waals surface area contributed by atoms with Crippen molar-refractivity contribution in [2.75, 3.05) is 0 Å². The number of alkyl halides is 2. The lowest BCUT2D eigenvalue weighted by atomic mass is 9.49. The number of hydrogen-bond donors (Lipinski definition) is 0. The van der Waals surface area contributed by atoms with Crippen molar-refractivity contribution in [2.24, 2.45) is 23.2 Å². The second-order valence-electron chi connectivity index (χ2n) is 15.0. The first-order valence-corrected chi connectivity index (χ1v) is 18.4. The lowest BCUT2D eigenvalue weighted by molar-refractivity contribution is -0.337. The summed E-state index contributed by atoms with van der Waals surface area (Å²) in [7, 11) is -0.0497. The number of carbonyl (C=O) groups is 2. The molecule has 0 saturated heterocycles. The Morgan fingerprint density at radius 3 is 1.51 bits per heavy atom. The molecule has 4 aliphatic carbocycles. The highest BCUT2D eigenvalue weighted by Gasteiger charge is 2.57. The molecule has 49 heavy (non-hydrogen) atoms. The molecule has 4 saturated carbocycles. The standard InChI is InChI=1S/C22H23S.C20H22F2O4/c1-22(2,3)18-14-16-21(17-15-18)23(19-10-6-4-7-11-19)20-12-8-5-9-13-20;21-20(22,17(23)24)16(15-4-2-1-3-5-15)26-18(25)19-9-12-6-13(10-19)8-14(7-12)11-19/h4-17H,1-3H3;1-5,12-14,16H,6-11H2,(H,23,24)/q+1;/p-1. The minimum atomic E-state index is -4.29. The summed E-state index contributed by atoms with van der Waals surface area (Å²) in [5, 5.41) is 11.0. The Hall–Kier alpha value is -3.97. The van der Waals surface area contributed by atoms with Gasteiger partial charge >= 0.3 is 11.9 Å². The molecule has 0 amide bonds. The van der Waals surface area contributed by atoms with Gasteiger partial charge in [-0.2, -0.15) is 8.78 Å². The molecule has 0 N–H and O–H groups in total. The van der Waals surface area contributed by atoms with Crippen LogP contribution >= 0.6 is 0 Å². The van der Waals surface area contributed by atoms with Gasteiger partial charge in [0.15, 0.2) is 20.8 Å². The molecule has 4 nitrogen and oxygen atoms in total. The van der Waals surface area contributed by atoms with Crippen LogP contribution in [0.2, 0.25) is 0 Å². The second-order valence-corrected chi connectivity index (χ2v) is 17.0. The molecule has 256 valence electrons. The molecule has 0 aromatic heterocycles. The van der Waals surface area contributed by atoms with Crippen LogP contribution in [-0.2, 0) is 30.6 Å². The summed E-state index contributed by atoms with van der Waals surface area (Å²) in [4.78, 5) is 28.1. The largest absolute Gasteiger partial charge is 0.544 e. The highest BCUT2D eigenvalue weighted by molar-refractivity contribution is 7.97. The van der Waals surface area contributed by atoms with Gasteiger partial charge in [-0.1, -0.05) is 99.6 Å². The van der Waals surface area contributed by atoms with Crippen LogP contribution in [0.5, 0.6) is 0 Å². The molecule has 0 spiro atoms. The summed E-state index contributed by atoms with van der Waals surface area (Å²) in [5.41, 5.74) is 0.797. The molecule has 7 heteroatoms. The minimum absolute atomic E-state index is 0.0419. The number of carboxylic acids is 1. The molecule has 1 unspecified atom stereocenters. The van der Waals surface area contributed by atoms with Crippen molar-refractivity contribution in [1.29, 1.82) is 0 Å². The van der Waals surface area contributed by atoms with E-state index in [9.17, 15) is 23.5 Å². The van der Waals surface area contributed by atoms with Crippen LogP contribution in [0.15, 0.2) is 130 Å². The van der Waals surface area contributed by atoms with E-state index in [0.29, 0.717) is 37.0 Å². The van der Waals surface area contributed by atoms with Crippen molar-refractivity contribution < 1.29 is 28.2 Å². The van der Waals surface area contributed by atoms with Crippen LogP contribution in [0.4, 0.5) is 8.78 Å². The number of benzene rings is 4. The van der Waals surface area contributed by atoms with Gasteiger partial charge in [0.05, 0.1) is 16.3 Å². The van der Waals surface area contributed by atoms with E-state index >= 15 is 0 Å². The van der Waals surface area contributed by atoms with Crippen LogP contribution in [0.25, 0.3) is 0 Å². The molecule has 4 aromatic carbocycles. The van der Waals surface area contributed by atoms with E-state index in [1.54, 1.807) is 6.07 Å². The smallest absolute Gasteiger partial charge is 0.327 e. The van der Waals surface area contributed by atoms with Crippen LogP contribution in [0.1, 0.15) is 76.5 Å². The van der Waals surface area contributed by atoms with E-state index in [4.69, 9.17) is 4.74 Å². The third-order valence-electron chi connectivity index (χ3n) is 10.3. The minimum Gasteiger partial charge on any atom is -0.544 e. The molecular formula is C42H44F2O4S. The first kappa shape index (κ1) is 34.9. The molecular weight excluding hydrogens is 639 g/mol. The molecule has 4 bridgehead atoms. The molecule has 8 rings (SSSR count). The van der Waals surface area contributed by atoms with Gasteiger partial charge < -0.3 is 14.6 Å². The number of aliphatic carboxylic acids is 1. The summed E-state index contributed by atoms with van der Waals surface area (Å²) in [6.07, 6.45) is 3.12. The van der Waals surface area contributed by atoms with Gasteiger partial charge in [0, 0.05) is 0 Å². The summed E-state index contributed by atoms with van der Waals surface area (Å²) in [6.45, 7) is 6.78. The number of esters is 1. The fourth-order valence-electron chi connectivity index (χ4n) is 8.29. The Balaban J connectivity index is 0.000000171. The Kier molecular flexibility index (Phi) is 10.0. The zero-order chi connectivity index (χ0) is 34.8. The van der Waals surface area contributed by atoms with Gasteiger partial charge in [-0.05, 0) is 109 Å². The van der Waals surface area contributed by atoms with Crippen LogP contribution in [0.3, 0.4) is 0 Å². The highest BCUT2D eigenvalue weighted by Crippen LogP contribution is 2.61. The highest BCUT2D eigenvalue weighted by atomic mass is 32.2. The molecule has 1 atom stereocenters. The Bertz CT molecular complexity index is 1640. The zero-order valence-electron chi connectivity index (χ0n) is 28.3. The number of ether oxygens (including phenoxy) is 1. The van der Waals surface area contributed by atoms with Crippen molar-refractivity contribution in [1.82, 2.24) is 0 Å². The summed E-state index contributed by atoms with van der Waals surface area (Å²) in [5.74, 6) is -6.16. The fraction of sp³-hybridized carbons (Fsp3) is 0.381. The van der Waals surface area contributed by atoms with Crippen molar-refractivity contribution in [3.05, 3.63) is 126 Å². The summed E-state index contributed by atoms with van der Waals surface area (Å²) in [6, 6.07) is 38.1. The fourth-order valence-corrected chi connectivity index (χ4v) is 10.4. The van der Waals surface area contributed by atoms with Gasteiger partial charge in [0.2, 0.25) is 0 Å². The van der Waals surface area contributed by atoms with E-state index in [1.807, 2.05) is 0 Å². The van der Waals surface area contributed by atoms with Crippen molar-refractivity contribution >= 4 is 22.8 Å². The predicted octanol–water partition coefficient (Wildman–Crippen LogP) is 8.95. The predicted molar refractivity (Wildman–Crippen MR) is 186 cm³/mol. The quantitative estimate of drug-likeness (QED) is 0.138. The van der Waals surface area contributed by atoms with Gasteiger partial charge in [0.25, 0.3) is 0 Å². The second kappa shape index (κ2) is 14.1. The van der Waals surface area contributed by atoms with Crippen LogP contribution in [-0.4, -0.2) is 17.9 Å². The third-order valence-corrected chi connectivity index (χ3v) is 12.5. The van der Waals surface area contributed by atoms with Gasteiger partial charge in [-0.3, -0.25) is 4.79 Å².